The van der Waals surface area contributed by atoms with Crippen LogP contribution in [0.3, 0.4) is 0 Å². The molecule has 1 N–H and O–H groups in total. The first-order valence-electron chi connectivity index (χ1n) is 7.00. The number of hydrogen-bond acceptors (Lipinski definition) is 6. The number of nitro groups is 1. The molecule has 1 aromatic carbocycles. The number of methoxy groups -OCH3 is 1. The molecule has 0 saturated carbocycles. The lowest BCUT2D eigenvalue weighted by atomic mass is 10.0. The number of rotatable bonds is 7. The second-order valence-electron chi connectivity index (χ2n) is 5.51. The predicted molar refractivity (Wildman–Crippen MR) is 82.4 cm³/mol. The number of benzene rings is 1. The van der Waals surface area contributed by atoms with E-state index in [1.54, 1.807) is 0 Å². The third kappa shape index (κ3) is 5.24. The average molecular weight is 324 g/mol. The van der Waals surface area contributed by atoms with E-state index in [9.17, 15) is 19.7 Å². The van der Waals surface area contributed by atoms with Crippen LogP contribution in [0.1, 0.15) is 37.6 Å². The maximum absolute atomic E-state index is 11.8. The highest BCUT2D eigenvalue weighted by molar-refractivity contribution is 5.90. The largest absolute Gasteiger partial charge is 0.477 e. The maximum Gasteiger partial charge on any atom is 0.338 e. The molecule has 0 radical (unpaired) electrons. The zero-order chi connectivity index (χ0) is 17.6. The van der Waals surface area contributed by atoms with Crippen molar-refractivity contribution < 1.29 is 24.0 Å². The Balaban J connectivity index is 2.86. The van der Waals surface area contributed by atoms with Crippen molar-refractivity contribution >= 4 is 17.6 Å². The van der Waals surface area contributed by atoms with Gasteiger partial charge in [-0.05, 0) is 32.4 Å². The van der Waals surface area contributed by atoms with Crippen LogP contribution in [0.25, 0.3) is 0 Å². The van der Waals surface area contributed by atoms with Crippen LogP contribution in [0.4, 0.5) is 5.69 Å². The van der Waals surface area contributed by atoms with Gasteiger partial charge in [-0.3, -0.25) is 14.9 Å². The summed E-state index contributed by atoms with van der Waals surface area (Å²) in [5.74, 6) is -1.17. The highest BCUT2D eigenvalue weighted by Gasteiger charge is 2.22. The molecule has 0 aliphatic heterocycles. The molecule has 0 atom stereocenters. The van der Waals surface area contributed by atoms with Crippen LogP contribution < -0.4 is 10.1 Å². The molecule has 8 heteroatoms. The van der Waals surface area contributed by atoms with E-state index in [1.807, 2.05) is 20.8 Å². The monoisotopic (exact) mass is 324 g/mol. The molecule has 0 aromatic heterocycles. The summed E-state index contributed by atoms with van der Waals surface area (Å²) in [6.45, 7) is 5.29. The van der Waals surface area contributed by atoms with E-state index >= 15 is 0 Å². The molecule has 0 spiro atoms. The summed E-state index contributed by atoms with van der Waals surface area (Å²) >= 11 is 0. The smallest absolute Gasteiger partial charge is 0.338 e. The number of hydrogen-bond donors (Lipinski definition) is 1. The molecule has 23 heavy (non-hydrogen) atoms. The minimum absolute atomic E-state index is 0.0307. The molecular formula is C15H20N2O6. The first kappa shape index (κ1) is 18.4. The number of nitrogens with zero attached hydrogens (tertiary/aromatic N) is 1. The lowest BCUT2D eigenvalue weighted by Crippen LogP contribution is -2.44. The van der Waals surface area contributed by atoms with Gasteiger partial charge < -0.3 is 14.8 Å². The third-order valence-electron chi connectivity index (χ3n) is 3.30. The van der Waals surface area contributed by atoms with Crippen molar-refractivity contribution in [3.8, 4) is 5.75 Å². The molecule has 0 unspecified atom stereocenters. The topological polar surface area (TPSA) is 108 Å². The van der Waals surface area contributed by atoms with Gasteiger partial charge in [0.1, 0.15) is 0 Å². The third-order valence-corrected chi connectivity index (χ3v) is 3.30. The summed E-state index contributed by atoms with van der Waals surface area (Å²) < 4.78 is 9.72. The van der Waals surface area contributed by atoms with Gasteiger partial charge in [0.25, 0.3) is 5.91 Å². The molecule has 0 saturated heterocycles. The van der Waals surface area contributed by atoms with E-state index < -0.39 is 16.6 Å². The van der Waals surface area contributed by atoms with Gasteiger partial charge in [0.15, 0.2) is 12.4 Å². The van der Waals surface area contributed by atoms with Crippen LogP contribution in [0, 0.1) is 10.1 Å². The molecule has 0 fully saturated rings. The number of nitrogens with one attached hydrogen (secondary N) is 1. The lowest BCUT2D eigenvalue weighted by molar-refractivity contribution is -0.385. The second kappa shape index (κ2) is 7.57. The Bertz CT molecular complexity index is 612. The molecule has 1 aromatic rings. The fraction of sp³-hybridized carbons (Fsp3) is 0.467. The van der Waals surface area contributed by atoms with Crippen LogP contribution in [-0.2, 0) is 9.53 Å². The van der Waals surface area contributed by atoms with Crippen molar-refractivity contribution in [1.29, 1.82) is 0 Å². The van der Waals surface area contributed by atoms with Crippen LogP contribution in [0.5, 0.6) is 5.75 Å². The number of amides is 1. The molecule has 126 valence electrons. The van der Waals surface area contributed by atoms with E-state index in [0.717, 1.165) is 12.5 Å². The van der Waals surface area contributed by atoms with Crippen molar-refractivity contribution in [1.82, 2.24) is 5.32 Å². The second-order valence-corrected chi connectivity index (χ2v) is 5.51. The van der Waals surface area contributed by atoms with Crippen LogP contribution >= 0.6 is 0 Å². The van der Waals surface area contributed by atoms with Crippen LogP contribution in [-0.4, -0.2) is 36.1 Å². The van der Waals surface area contributed by atoms with Crippen molar-refractivity contribution in [3.05, 3.63) is 33.9 Å². The van der Waals surface area contributed by atoms with Crippen molar-refractivity contribution in [2.75, 3.05) is 13.7 Å². The van der Waals surface area contributed by atoms with Gasteiger partial charge in [-0.2, -0.15) is 0 Å². The molecular weight excluding hydrogens is 304 g/mol. The van der Waals surface area contributed by atoms with Gasteiger partial charge in [-0.25, -0.2) is 4.79 Å². The SMILES string of the molecule is CCC(C)(C)NC(=O)COc1ccc(C(=O)OC)cc1[N+](=O)[O-]. The number of nitro benzene ring substituents is 1. The summed E-state index contributed by atoms with van der Waals surface area (Å²) in [4.78, 5) is 33.6. The summed E-state index contributed by atoms with van der Waals surface area (Å²) in [5.41, 5.74) is -0.764. The maximum atomic E-state index is 11.8. The van der Waals surface area contributed by atoms with Crippen LogP contribution in [0.2, 0.25) is 0 Å². The first-order valence-corrected chi connectivity index (χ1v) is 7.00. The van der Waals surface area contributed by atoms with E-state index in [4.69, 9.17) is 4.74 Å². The fourth-order valence-electron chi connectivity index (χ4n) is 1.67. The van der Waals surface area contributed by atoms with E-state index in [2.05, 4.69) is 10.1 Å². The number of carbonyl (C=O) groups is 2. The zero-order valence-electron chi connectivity index (χ0n) is 13.5. The van der Waals surface area contributed by atoms with E-state index in [0.29, 0.717) is 0 Å². The average Bonchev–Trinajstić information content (AvgIpc) is 2.51. The molecule has 1 rings (SSSR count). The standard InChI is InChI=1S/C15H20N2O6/c1-5-15(2,3)16-13(18)9-23-12-7-6-10(14(19)22-4)8-11(12)17(20)21/h6-8H,5,9H2,1-4H3,(H,16,18). The molecule has 1 amide bonds. The van der Waals surface area contributed by atoms with Crippen molar-refractivity contribution in [3.63, 3.8) is 0 Å². The number of ether oxygens (including phenoxy) is 2. The Hall–Kier alpha value is -2.64. The minimum atomic E-state index is -0.693. The van der Waals surface area contributed by atoms with Gasteiger partial charge in [0.05, 0.1) is 17.6 Å². The summed E-state index contributed by atoms with van der Waals surface area (Å²) in [7, 11) is 1.18. The fourth-order valence-corrected chi connectivity index (χ4v) is 1.67. The van der Waals surface area contributed by atoms with E-state index in [1.165, 1.54) is 19.2 Å². The van der Waals surface area contributed by atoms with Gasteiger partial charge in [0, 0.05) is 11.6 Å². The number of esters is 1. The Labute approximate surface area is 133 Å². The molecule has 0 aliphatic rings. The predicted octanol–water partition coefficient (Wildman–Crippen LogP) is 2.06. The molecule has 0 aliphatic carbocycles. The highest BCUT2D eigenvalue weighted by atomic mass is 16.6. The Kier molecular flexibility index (Phi) is 6.06. The zero-order valence-corrected chi connectivity index (χ0v) is 13.5. The quantitative estimate of drug-likeness (QED) is 0.467. The minimum Gasteiger partial charge on any atom is -0.477 e. The Morgan fingerprint density at radius 2 is 2.00 bits per heavy atom. The number of carbonyl (C=O) groups excluding carboxylic acids is 2. The highest BCUT2D eigenvalue weighted by Crippen LogP contribution is 2.28. The Morgan fingerprint density at radius 1 is 1.35 bits per heavy atom. The Morgan fingerprint density at radius 3 is 2.52 bits per heavy atom. The first-order chi connectivity index (χ1) is 10.7. The van der Waals surface area contributed by atoms with Crippen molar-refractivity contribution in [2.45, 2.75) is 32.7 Å². The van der Waals surface area contributed by atoms with E-state index in [-0.39, 0.29) is 29.4 Å². The van der Waals surface area contributed by atoms with Crippen molar-refractivity contribution in [2.24, 2.45) is 0 Å². The summed E-state index contributed by atoms with van der Waals surface area (Å²) in [6, 6.07) is 3.65. The molecule has 8 nitrogen and oxygen atoms in total. The lowest BCUT2D eigenvalue weighted by Gasteiger charge is -2.24. The van der Waals surface area contributed by atoms with Gasteiger partial charge in [-0.1, -0.05) is 6.92 Å². The molecule has 0 bridgehead atoms. The van der Waals surface area contributed by atoms with Gasteiger partial charge in [-0.15, -0.1) is 0 Å². The van der Waals surface area contributed by atoms with Gasteiger partial charge >= 0.3 is 11.7 Å². The summed E-state index contributed by atoms with van der Waals surface area (Å²) in [5, 5.41) is 13.8. The van der Waals surface area contributed by atoms with Gasteiger partial charge in [0.2, 0.25) is 0 Å². The van der Waals surface area contributed by atoms with Crippen LogP contribution in [0.15, 0.2) is 18.2 Å². The molecule has 0 heterocycles. The normalized spacial score (nSPS) is 10.8. The summed E-state index contributed by atoms with van der Waals surface area (Å²) in [6.07, 6.45) is 0.729.